The van der Waals surface area contributed by atoms with Gasteiger partial charge in [0.2, 0.25) is 5.43 Å². The minimum Gasteiger partial charge on any atom is -0.494 e. The van der Waals surface area contributed by atoms with Gasteiger partial charge in [-0.3, -0.25) is 4.79 Å². The Bertz CT molecular complexity index is 1200. The van der Waals surface area contributed by atoms with Crippen LogP contribution in [-0.2, 0) is 9.05 Å². The van der Waals surface area contributed by atoms with Crippen LogP contribution in [0.4, 0.5) is 0 Å². The van der Waals surface area contributed by atoms with E-state index < -0.39 is 20.4 Å². The first-order chi connectivity index (χ1) is 12.2. The maximum Gasteiger partial charge on any atom is 0.335 e. The smallest absolute Gasteiger partial charge is 0.335 e. The van der Waals surface area contributed by atoms with Gasteiger partial charge in [0.15, 0.2) is 5.58 Å². The van der Waals surface area contributed by atoms with Crippen LogP contribution in [-0.4, -0.2) is 26.1 Å². The van der Waals surface area contributed by atoms with Crippen molar-refractivity contribution in [3.05, 3.63) is 46.1 Å². The average molecular weight is 397 g/mol. The molecule has 0 amide bonds. The number of fused-ring (bicyclic) bond motifs is 2. The Labute approximate surface area is 152 Å². The van der Waals surface area contributed by atoms with E-state index in [2.05, 4.69) is 0 Å². The predicted octanol–water partition coefficient (Wildman–Crippen LogP) is 3.36. The molecule has 9 heteroatoms. The third-order valence-corrected chi connectivity index (χ3v) is 5.02. The zero-order valence-electron chi connectivity index (χ0n) is 13.5. The minimum atomic E-state index is -4.22. The number of carbonyl (C=O) groups is 1. The van der Waals surface area contributed by atoms with Gasteiger partial charge in [0, 0.05) is 16.7 Å². The van der Waals surface area contributed by atoms with Crippen LogP contribution in [0.25, 0.3) is 21.9 Å². The summed E-state index contributed by atoms with van der Waals surface area (Å²) in [6.07, 6.45) is 0.676. The quantitative estimate of drug-likeness (QED) is 0.519. The van der Waals surface area contributed by atoms with Crippen molar-refractivity contribution in [1.29, 1.82) is 0 Å². The molecule has 3 rings (SSSR count). The third-order valence-electron chi connectivity index (χ3n) is 3.69. The molecule has 1 aromatic heterocycles. The van der Waals surface area contributed by atoms with Crippen molar-refractivity contribution in [1.82, 2.24) is 0 Å². The van der Waals surface area contributed by atoms with E-state index in [0.29, 0.717) is 13.0 Å². The van der Waals surface area contributed by atoms with Crippen molar-refractivity contribution in [2.45, 2.75) is 18.2 Å². The van der Waals surface area contributed by atoms with Gasteiger partial charge in [-0.1, -0.05) is 6.92 Å². The molecule has 26 heavy (non-hydrogen) atoms. The molecule has 0 spiro atoms. The van der Waals surface area contributed by atoms with E-state index in [1.807, 2.05) is 6.92 Å². The molecule has 3 aromatic rings. The van der Waals surface area contributed by atoms with Crippen LogP contribution in [0.3, 0.4) is 0 Å². The minimum absolute atomic E-state index is 0.0166. The Morgan fingerprint density at radius 2 is 1.96 bits per heavy atom. The molecule has 1 N–H and O–H groups in total. The van der Waals surface area contributed by atoms with Crippen molar-refractivity contribution < 1.29 is 27.5 Å². The SMILES string of the molecule is CCCOc1cc(S(=O)(=O)Cl)c2oc3ccc(C(=O)O)cc3c(=O)c2c1. The van der Waals surface area contributed by atoms with Crippen molar-refractivity contribution in [2.24, 2.45) is 0 Å². The molecule has 0 bridgehead atoms. The van der Waals surface area contributed by atoms with Crippen LogP contribution in [0.15, 0.2) is 44.4 Å². The Hall–Kier alpha value is -2.58. The zero-order valence-corrected chi connectivity index (χ0v) is 15.1. The van der Waals surface area contributed by atoms with Gasteiger partial charge in [0.25, 0.3) is 9.05 Å². The topological polar surface area (TPSA) is 111 Å². The summed E-state index contributed by atoms with van der Waals surface area (Å²) in [6, 6.07) is 6.28. The van der Waals surface area contributed by atoms with Gasteiger partial charge in [-0.2, -0.15) is 0 Å². The summed E-state index contributed by atoms with van der Waals surface area (Å²) >= 11 is 0. The third kappa shape index (κ3) is 3.25. The molecule has 7 nitrogen and oxygen atoms in total. The summed E-state index contributed by atoms with van der Waals surface area (Å²) in [6.45, 7) is 2.19. The fourth-order valence-corrected chi connectivity index (χ4v) is 3.49. The highest BCUT2D eigenvalue weighted by Gasteiger charge is 2.22. The van der Waals surface area contributed by atoms with Crippen LogP contribution >= 0.6 is 10.7 Å². The lowest BCUT2D eigenvalue weighted by Crippen LogP contribution is -2.07. The van der Waals surface area contributed by atoms with Crippen LogP contribution in [0, 0.1) is 0 Å². The molecule has 0 aliphatic heterocycles. The molecule has 0 atom stereocenters. The zero-order chi connectivity index (χ0) is 19.1. The van der Waals surface area contributed by atoms with Crippen LogP contribution in [0.2, 0.25) is 0 Å². The maximum absolute atomic E-state index is 12.8. The first-order valence-corrected chi connectivity index (χ1v) is 9.88. The van der Waals surface area contributed by atoms with Crippen molar-refractivity contribution >= 4 is 47.6 Å². The van der Waals surface area contributed by atoms with E-state index in [1.165, 1.54) is 30.3 Å². The molecule has 136 valence electrons. The van der Waals surface area contributed by atoms with Gasteiger partial charge in [-0.25, -0.2) is 13.2 Å². The Kier molecular flexibility index (Phi) is 4.64. The second kappa shape index (κ2) is 6.62. The van der Waals surface area contributed by atoms with E-state index in [4.69, 9.17) is 24.9 Å². The standard InChI is InChI=1S/C17H13ClO7S/c1-2-5-24-10-7-12-15(19)11-6-9(17(20)21)3-4-13(11)25-16(12)14(8-10)26(18,22)23/h3-4,6-8H,2,5H2,1H3,(H,20,21). The normalized spacial score (nSPS) is 11.8. The largest absolute Gasteiger partial charge is 0.494 e. The van der Waals surface area contributed by atoms with E-state index >= 15 is 0 Å². The maximum atomic E-state index is 12.8. The summed E-state index contributed by atoms with van der Waals surface area (Å²) < 4.78 is 34.9. The van der Waals surface area contributed by atoms with Crippen LogP contribution in [0.5, 0.6) is 5.75 Å². The van der Waals surface area contributed by atoms with Gasteiger partial charge in [0.05, 0.1) is 22.9 Å². The summed E-state index contributed by atoms with van der Waals surface area (Å²) in [7, 11) is 1.27. The summed E-state index contributed by atoms with van der Waals surface area (Å²) in [5.41, 5.74) is -0.818. The molecule has 0 saturated heterocycles. The Morgan fingerprint density at radius 1 is 1.23 bits per heavy atom. The lowest BCUT2D eigenvalue weighted by molar-refractivity contribution is 0.0697. The van der Waals surface area contributed by atoms with E-state index in [0.717, 1.165) is 0 Å². The number of rotatable bonds is 5. The van der Waals surface area contributed by atoms with Gasteiger partial charge >= 0.3 is 5.97 Å². The Balaban J connectivity index is 2.43. The number of ether oxygens (including phenoxy) is 1. The second-order valence-corrected chi connectivity index (χ2v) is 8.07. The fraction of sp³-hybridized carbons (Fsp3) is 0.176. The highest BCUT2D eigenvalue weighted by Crippen LogP contribution is 2.32. The Morgan fingerprint density at radius 3 is 2.58 bits per heavy atom. The second-order valence-electron chi connectivity index (χ2n) is 5.53. The van der Waals surface area contributed by atoms with Crippen LogP contribution < -0.4 is 10.2 Å². The van der Waals surface area contributed by atoms with Gasteiger partial charge in [-0.05, 0) is 30.7 Å². The van der Waals surface area contributed by atoms with Crippen molar-refractivity contribution in [3.8, 4) is 5.75 Å². The summed E-state index contributed by atoms with van der Waals surface area (Å²) in [5.74, 6) is -1.05. The molecule has 0 radical (unpaired) electrons. The van der Waals surface area contributed by atoms with Gasteiger partial charge < -0.3 is 14.3 Å². The molecular weight excluding hydrogens is 384 g/mol. The predicted molar refractivity (Wildman–Crippen MR) is 95.8 cm³/mol. The molecule has 2 aromatic carbocycles. The van der Waals surface area contributed by atoms with E-state index in [1.54, 1.807) is 0 Å². The number of hydrogen-bond acceptors (Lipinski definition) is 6. The molecule has 0 aliphatic rings. The van der Waals surface area contributed by atoms with E-state index in [-0.39, 0.29) is 38.1 Å². The summed E-state index contributed by atoms with van der Waals surface area (Å²) in [5, 5.41) is 9.05. The monoisotopic (exact) mass is 396 g/mol. The lowest BCUT2D eigenvalue weighted by Gasteiger charge is -2.10. The van der Waals surface area contributed by atoms with Crippen molar-refractivity contribution in [3.63, 3.8) is 0 Å². The first-order valence-electron chi connectivity index (χ1n) is 7.57. The molecule has 0 aliphatic carbocycles. The highest BCUT2D eigenvalue weighted by atomic mass is 35.7. The number of halogens is 1. The lowest BCUT2D eigenvalue weighted by atomic mass is 10.1. The number of benzene rings is 2. The number of carboxylic acid groups (broad SMARTS) is 1. The van der Waals surface area contributed by atoms with Gasteiger partial charge in [0.1, 0.15) is 16.2 Å². The number of carboxylic acids is 1. The molecule has 1 heterocycles. The van der Waals surface area contributed by atoms with E-state index in [9.17, 15) is 18.0 Å². The number of aromatic carboxylic acids is 1. The molecular formula is C17H13ClO7S. The molecule has 0 fully saturated rings. The molecule has 0 saturated carbocycles. The summed E-state index contributed by atoms with van der Waals surface area (Å²) in [4.78, 5) is 23.6. The van der Waals surface area contributed by atoms with Crippen LogP contribution in [0.1, 0.15) is 23.7 Å². The fourth-order valence-electron chi connectivity index (χ4n) is 2.52. The van der Waals surface area contributed by atoms with Crippen molar-refractivity contribution in [2.75, 3.05) is 6.61 Å². The average Bonchev–Trinajstić information content (AvgIpc) is 2.58. The van der Waals surface area contributed by atoms with Gasteiger partial charge in [-0.15, -0.1) is 0 Å². The number of hydrogen-bond donors (Lipinski definition) is 1. The first kappa shape index (κ1) is 18.2. The highest BCUT2D eigenvalue weighted by molar-refractivity contribution is 8.14. The molecule has 0 unspecified atom stereocenters.